The van der Waals surface area contributed by atoms with Crippen LogP contribution in [0.2, 0.25) is 10.0 Å². The van der Waals surface area contributed by atoms with E-state index < -0.39 is 5.76 Å². The Morgan fingerprint density at radius 2 is 2.05 bits per heavy atom. The van der Waals surface area contributed by atoms with E-state index in [1.54, 1.807) is 26.2 Å². The van der Waals surface area contributed by atoms with Crippen molar-refractivity contribution in [1.29, 1.82) is 0 Å². The summed E-state index contributed by atoms with van der Waals surface area (Å²) >= 11 is 12.2. The molecule has 0 saturated heterocycles. The first-order valence-corrected chi connectivity index (χ1v) is 7.01. The molecule has 0 fully saturated rings. The molecule has 0 radical (unpaired) electrons. The second-order valence-corrected chi connectivity index (χ2v) is 5.31. The van der Waals surface area contributed by atoms with Gasteiger partial charge in [-0.15, -0.1) is 0 Å². The number of fused-ring (bicyclic) bond motifs is 1. The predicted molar refractivity (Wildman–Crippen MR) is 86.3 cm³/mol. The highest BCUT2D eigenvalue weighted by Gasteiger charge is 2.12. The molecule has 0 unspecified atom stereocenters. The Bertz CT molecular complexity index is 919. The monoisotopic (exact) mass is 339 g/mol. The van der Waals surface area contributed by atoms with Gasteiger partial charge in [0.2, 0.25) is 5.95 Å². The van der Waals surface area contributed by atoms with Crippen LogP contribution in [-0.4, -0.2) is 21.6 Å². The number of aromatic nitrogens is 3. The van der Waals surface area contributed by atoms with E-state index in [0.29, 0.717) is 38.6 Å². The molecule has 0 bridgehead atoms. The second-order valence-electron chi connectivity index (χ2n) is 4.49. The number of nitrogens with one attached hydrogen (secondary N) is 2. The van der Waals surface area contributed by atoms with Gasteiger partial charge in [0, 0.05) is 20.2 Å². The molecule has 3 aromatic rings. The molecule has 0 aliphatic rings. The van der Waals surface area contributed by atoms with Crippen LogP contribution < -0.4 is 16.4 Å². The Balaban J connectivity index is 2.03. The molecule has 3 rings (SSSR count). The lowest BCUT2D eigenvalue weighted by atomic mass is 10.3. The Morgan fingerprint density at radius 1 is 1.27 bits per heavy atom. The van der Waals surface area contributed by atoms with E-state index in [1.165, 1.54) is 10.8 Å². The van der Waals surface area contributed by atoms with E-state index >= 15 is 0 Å². The first-order valence-electron chi connectivity index (χ1n) is 6.26. The number of benzene rings is 1. The van der Waals surface area contributed by atoms with Gasteiger partial charge in [-0.2, -0.15) is 4.98 Å². The van der Waals surface area contributed by atoms with Gasteiger partial charge in [-0.1, -0.05) is 23.2 Å². The third-order valence-electron chi connectivity index (χ3n) is 3.11. The standard InChI is InChI=1S/C13H11Cl2N5O2/c1-16-11-7(15)5-17-12(19-11)18-8-4-10-9(3-6(8)14)20(2)13(21)22-10/h3-5H,1-2H3,(H2,16,17,18,19). The van der Waals surface area contributed by atoms with Crippen molar-refractivity contribution in [2.45, 2.75) is 0 Å². The second kappa shape index (κ2) is 5.51. The fourth-order valence-corrected chi connectivity index (χ4v) is 2.36. The molecule has 0 atom stereocenters. The molecular weight excluding hydrogens is 329 g/mol. The van der Waals surface area contributed by atoms with E-state index in [4.69, 9.17) is 27.6 Å². The van der Waals surface area contributed by atoms with E-state index in [9.17, 15) is 4.79 Å². The number of aryl methyl sites for hydroxylation is 1. The summed E-state index contributed by atoms with van der Waals surface area (Å²) in [5.74, 6) is 0.347. The summed E-state index contributed by atoms with van der Waals surface area (Å²) < 4.78 is 6.51. The molecule has 22 heavy (non-hydrogen) atoms. The third kappa shape index (κ3) is 2.49. The topological polar surface area (TPSA) is 85.0 Å². The van der Waals surface area contributed by atoms with Gasteiger partial charge in [0.05, 0.1) is 22.4 Å². The van der Waals surface area contributed by atoms with Gasteiger partial charge in [-0.3, -0.25) is 4.57 Å². The van der Waals surface area contributed by atoms with Crippen LogP contribution in [-0.2, 0) is 7.05 Å². The first-order chi connectivity index (χ1) is 10.5. The SMILES string of the molecule is CNc1nc(Nc2cc3oc(=O)n(C)c3cc2Cl)ncc1Cl. The summed E-state index contributed by atoms with van der Waals surface area (Å²) in [7, 11) is 3.31. The van der Waals surface area contributed by atoms with Gasteiger partial charge in [0.15, 0.2) is 5.58 Å². The van der Waals surface area contributed by atoms with E-state index in [2.05, 4.69) is 20.6 Å². The number of halogens is 2. The average Bonchev–Trinajstić information content (AvgIpc) is 2.76. The molecule has 7 nitrogen and oxygen atoms in total. The van der Waals surface area contributed by atoms with Gasteiger partial charge in [0.1, 0.15) is 10.8 Å². The fraction of sp³-hybridized carbons (Fsp3) is 0.154. The molecule has 114 valence electrons. The van der Waals surface area contributed by atoms with Crippen molar-refractivity contribution >= 4 is 51.8 Å². The number of anilines is 3. The maximum absolute atomic E-state index is 11.5. The van der Waals surface area contributed by atoms with Crippen molar-refractivity contribution in [2.75, 3.05) is 17.7 Å². The number of hydrogen-bond donors (Lipinski definition) is 2. The lowest BCUT2D eigenvalue weighted by Crippen LogP contribution is -2.08. The molecule has 2 N–H and O–H groups in total. The smallest absolute Gasteiger partial charge is 0.408 e. The molecule has 0 saturated carbocycles. The Hall–Kier alpha value is -2.25. The van der Waals surface area contributed by atoms with Gasteiger partial charge >= 0.3 is 5.76 Å². The molecule has 0 aliphatic heterocycles. The van der Waals surface area contributed by atoms with Crippen molar-refractivity contribution < 1.29 is 4.42 Å². The number of nitrogens with zero attached hydrogens (tertiary/aromatic N) is 3. The summed E-state index contributed by atoms with van der Waals surface area (Å²) in [6.07, 6.45) is 1.47. The quantitative estimate of drug-likeness (QED) is 0.762. The van der Waals surface area contributed by atoms with Crippen molar-refractivity contribution in [3.8, 4) is 0 Å². The van der Waals surface area contributed by atoms with Crippen LogP contribution in [0.15, 0.2) is 27.5 Å². The largest absolute Gasteiger partial charge is 0.419 e. The molecule has 0 amide bonds. The van der Waals surface area contributed by atoms with Gasteiger partial charge in [-0.25, -0.2) is 9.78 Å². The number of oxazole rings is 1. The van der Waals surface area contributed by atoms with Crippen LogP contribution in [0.1, 0.15) is 0 Å². The van der Waals surface area contributed by atoms with Crippen LogP contribution in [0, 0.1) is 0 Å². The summed E-state index contributed by atoms with van der Waals surface area (Å²) in [5, 5.41) is 6.64. The summed E-state index contributed by atoms with van der Waals surface area (Å²) in [5.41, 5.74) is 1.54. The minimum atomic E-state index is -0.455. The van der Waals surface area contributed by atoms with Gasteiger partial charge in [0.25, 0.3) is 0 Å². The van der Waals surface area contributed by atoms with Gasteiger partial charge in [-0.05, 0) is 6.07 Å². The van der Waals surface area contributed by atoms with E-state index in [-0.39, 0.29) is 0 Å². The first kappa shape index (κ1) is 14.7. The minimum absolute atomic E-state index is 0.313. The van der Waals surface area contributed by atoms with Gasteiger partial charge < -0.3 is 15.1 Å². The van der Waals surface area contributed by atoms with Crippen LogP contribution in [0.25, 0.3) is 11.1 Å². The van der Waals surface area contributed by atoms with Crippen molar-refractivity contribution in [3.63, 3.8) is 0 Å². The molecule has 0 aliphatic carbocycles. The minimum Gasteiger partial charge on any atom is -0.408 e. The summed E-state index contributed by atoms with van der Waals surface area (Å²) in [4.78, 5) is 19.8. The zero-order valence-electron chi connectivity index (χ0n) is 11.6. The third-order valence-corrected chi connectivity index (χ3v) is 3.70. The highest BCUT2D eigenvalue weighted by molar-refractivity contribution is 6.34. The zero-order chi connectivity index (χ0) is 15.9. The number of hydrogen-bond acceptors (Lipinski definition) is 6. The maximum atomic E-state index is 11.5. The Morgan fingerprint density at radius 3 is 2.77 bits per heavy atom. The molecule has 2 aromatic heterocycles. The normalized spacial score (nSPS) is 10.9. The Kier molecular flexibility index (Phi) is 3.67. The van der Waals surface area contributed by atoms with Crippen molar-refractivity contribution in [2.24, 2.45) is 7.05 Å². The summed E-state index contributed by atoms with van der Waals surface area (Å²) in [6.45, 7) is 0. The van der Waals surface area contributed by atoms with Crippen molar-refractivity contribution in [1.82, 2.24) is 14.5 Å². The average molecular weight is 340 g/mol. The highest BCUT2D eigenvalue weighted by atomic mass is 35.5. The lowest BCUT2D eigenvalue weighted by molar-refractivity contribution is 0.528. The molecular formula is C13H11Cl2N5O2. The summed E-state index contributed by atoms with van der Waals surface area (Å²) in [6, 6.07) is 3.26. The van der Waals surface area contributed by atoms with Crippen molar-refractivity contribution in [3.05, 3.63) is 38.9 Å². The number of rotatable bonds is 3. The molecule has 2 heterocycles. The fourth-order valence-electron chi connectivity index (χ4n) is 1.97. The van der Waals surface area contributed by atoms with E-state index in [0.717, 1.165) is 0 Å². The van der Waals surface area contributed by atoms with Crippen LogP contribution >= 0.6 is 23.2 Å². The Labute approximate surface area is 134 Å². The molecule has 0 spiro atoms. The van der Waals surface area contributed by atoms with Crippen LogP contribution in [0.3, 0.4) is 0 Å². The zero-order valence-corrected chi connectivity index (χ0v) is 13.2. The van der Waals surface area contributed by atoms with E-state index in [1.807, 2.05) is 0 Å². The lowest BCUT2D eigenvalue weighted by Gasteiger charge is -2.09. The molecule has 9 heteroatoms. The predicted octanol–water partition coefficient (Wildman–Crippen LogP) is 3.01. The van der Waals surface area contributed by atoms with Crippen LogP contribution in [0.4, 0.5) is 17.5 Å². The maximum Gasteiger partial charge on any atom is 0.419 e. The highest BCUT2D eigenvalue weighted by Crippen LogP contribution is 2.30. The van der Waals surface area contributed by atoms with Crippen LogP contribution in [0.5, 0.6) is 0 Å². The molecule has 1 aromatic carbocycles.